The molecule has 0 aliphatic heterocycles. The van der Waals surface area contributed by atoms with Crippen LogP contribution < -0.4 is 0 Å². The van der Waals surface area contributed by atoms with E-state index in [0.717, 1.165) is 36.8 Å². The molecule has 1 aliphatic carbocycles. The lowest BCUT2D eigenvalue weighted by Crippen LogP contribution is -2.14. The molecule has 0 saturated heterocycles. The van der Waals surface area contributed by atoms with E-state index >= 15 is 0 Å². The van der Waals surface area contributed by atoms with E-state index in [4.69, 9.17) is 4.74 Å². The van der Waals surface area contributed by atoms with Crippen LogP contribution in [0.25, 0.3) is 5.76 Å². The number of carbonyl (C=O) groups is 1. The average molecular weight is 270 g/mol. The number of allylic oxidation sites excluding steroid dienone is 2. The SMILES string of the molecule is C=C/C(C(=O)C1CCCC1)=C(\OC)c1cccc(C)c1. The summed E-state index contributed by atoms with van der Waals surface area (Å²) in [6.07, 6.45) is 5.91. The number of methoxy groups -OCH3 is 1. The van der Waals surface area contributed by atoms with E-state index in [1.54, 1.807) is 13.2 Å². The average Bonchev–Trinajstić information content (AvgIpc) is 2.98. The Morgan fingerprint density at radius 3 is 2.60 bits per heavy atom. The maximum absolute atomic E-state index is 12.6. The van der Waals surface area contributed by atoms with Crippen molar-refractivity contribution >= 4 is 11.5 Å². The van der Waals surface area contributed by atoms with Gasteiger partial charge < -0.3 is 4.74 Å². The molecule has 0 N–H and O–H groups in total. The highest BCUT2D eigenvalue weighted by atomic mass is 16.5. The number of Topliss-reactive ketones (excluding diaryl/α,β-unsaturated/α-hetero) is 1. The zero-order valence-electron chi connectivity index (χ0n) is 12.3. The largest absolute Gasteiger partial charge is 0.495 e. The highest BCUT2D eigenvalue weighted by Crippen LogP contribution is 2.31. The Morgan fingerprint density at radius 2 is 2.05 bits per heavy atom. The third-order valence-electron chi connectivity index (χ3n) is 3.92. The number of benzene rings is 1. The maximum Gasteiger partial charge on any atom is 0.169 e. The van der Waals surface area contributed by atoms with Crippen molar-refractivity contribution < 1.29 is 9.53 Å². The third-order valence-corrected chi connectivity index (χ3v) is 3.92. The lowest BCUT2D eigenvalue weighted by Gasteiger charge is -2.14. The topological polar surface area (TPSA) is 26.3 Å². The molecular weight excluding hydrogens is 248 g/mol. The molecule has 0 atom stereocenters. The predicted octanol–water partition coefficient (Wildman–Crippen LogP) is 4.30. The van der Waals surface area contributed by atoms with Crippen LogP contribution in [-0.4, -0.2) is 12.9 Å². The minimum absolute atomic E-state index is 0.137. The van der Waals surface area contributed by atoms with Gasteiger partial charge in [-0.25, -0.2) is 0 Å². The molecule has 1 aliphatic rings. The van der Waals surface area contributed by atoms with E-state index in [1.807, 2.05) is 31.2 Å². The van der Waals surface area contributed by atoms with E-state index < -0.39 is 0 Å². The lowest BCUT2D eigenvalue weighted by atomic mass is 9.93. The summed E-state index contributed by atoms with van der Waals surface area (Å²) in [4.78, 5) is 12.6. The van der Waals surface area contributed by atoms with Crippen LogP contribution in [-0.2, 0) is 9.53 Å². The van der Waals surface area contributed by atoms with Crippen LogP contribution in [0.15, 0.2) is 42.5 Å². The Morgan fingerprint density at radius 1 is 1.35 bits per heavy atom. The molecule has 0 aromatic heterocycles. The van der Waals surface area contributed by atoms with Crippen LogP contribution in [0.1, 0.15) is 36.8 Å². The van der Waals surface area contributed by atoms with Gasteiger partial charge in [0.2, 0.25) is 0 Å². The van der Waals surface area contributed by atoms with Gasteiger partial charge in [-0.15, -0.1) is 0 Å². The van der Waals surface area contributed by atoms with Gasteiger partial charge in [0, 0.05) is 11.5 Å². The Kier molecular flexibility index (Phi) is 4.78. The molecule has 2 nitrogen and oxygen atoms in total. The molecule has 0 radical (unpaired) electrons. The highest BCUT2D eigenvalue weighted by Gasteiger charge is 2.26. The first kappa shape index (κ1) is 14.6. The quantitative estimate of drug-likeness (QED) is 0.453. The van der Waals surface area contributed by atoms with E-state index in [0.29, 0.717) is 11.3 Å². The predicted molar refractivity (Wildman–Crippen MR) is 82.3 cm³/mol. The second-order valence-corrected chi connectivity index (χ2v) is 5.37. The number of aryl methyl sites for hydroxylation is 1. The summed E-state index contributed by atoms with van der Waals surface area (Å²) in [7, 11) is 1.61. The van der Waals surface area contributed by atoms with Gasteiger partial charge in [-0.2, -0.15) is 0 Å². The van der Waals surface area contributed by atoms with Crippen LogP contribution in [0, 0.1) is 12.8 Å². The van der Waals surface area contributed by atoms with Crippen molar-refractivity contribution in [2.24, 2.45) is 5.92 Å². The Labute approximate surface area is 121 Å². The molecule has 1 aromatic rings. The Bertz CT molecular complexity index is 534. The zero-order chi connectivity index (χ0) is 14.5. The van der Waals surface area contributed by atoms with E-state index in [1.165, 1.54) is 0 Å². The first-order valence-electron chi connectivity index (χ1n) is 7.19. The van der Waals surface area contributed by atoms with Gasteiger partial charge in [0.1, 0.15) is 5.76 Å². The fourth-order valence-electron chi connectivity index (χ4n) is 2.88. The minimum atomic E-state index is 0.137. The number of hydrogen-bond donors (Lipinski definition) is 0. The fourth-order valence-corrected chi connectivity index (χ4v) is 2.88. The van der Waals surface area contributed by atoms with E-state index in [-0.39, 0.29) is 11.7 Å². The normalized spacial score (nSPS) is 16.7. The van der Waals surface area contributed by atoms with Gasteiger partial charge in [0.15, 0.2) is 5.78 Å². The summed E-state index contributed by atoms with van der Waals surface area (Å²) in [5.74, 6) is 0.953. The number of carbonyl (C=O) groups excluding carboxylic acids is 1. The van der Waals surface area contributed by atoms with Crippen LogP contribution in [0.2, 0.25) is 0 Å². The van der Waals surface area contributed by atoms with Crippen LogP contribution >= 0.6 is 0 Å². The molecule has 1 fully saturated rings. The van der Waals surface area contributed by atoms with Crippen molar-refractivity contribution in [3.63, 3.8) is 0 Å². The van der Waals surface area contributed by atoms with Crippen LogP contribution in [0.5, 0.6) is 0 Å². The summed E-state index contributed by atoms with van der Waals surface area (Å²) in [6, 6.07) is 8.01. The first-order chi connectivity index (χ1) is 9.67. The summed E-state index contributed by atoms with van der Waals surface area (Å²) >= 11 is 0. The summed E-state index contributed by atoms with van der Waals surface area (Å²) in [5, 5.41) is 0. The molecule has 1 aromatic carbocycles. The number of ketones is 1. The molecule has 0 unspecified atom stereocenters. The van der Waals surface area contributed by atoms with Crippen molar-refractivity contribution in [1.82, 2.24) is 0 Å². The molecule has 0 spiro atoms. The Hall–Kier alpha value is -1.83. The Balaban J connectivity index is 2.41. The van der Waals surface area contributed by atoms with Crippen LogP contribution in [0.4, 0.5) is 0 Å². The minimum Gasteiger partial charge on any atom is -0.495 e. The molecule has 0 bridgehead atoms. The second kappa shape index (κ2) is 6.56. The van der Waals surface area contributed by atoms with Crippen molar-refractivity contribution in [2.75, 3.05) is 7.11 Å². The van der Waals surface area contributed by atoms with Crippen molar-refractivity contribution in [3.8, 4) is 0 Å². The summed E-state index contributed by atoms with van der Waals surface area (Å²) < 4.78 is 5.51. The molecular formula is C18H22O2. The molecule has 1 saturated carbocycles. The second-order valence-electron chi connectivity index (χ2n) is 5.37. The van der Waals surface area contributed by atoms with Crippen LogP contribution in [0.3, 0.4) is 0 Å². The molecule has 2 heteroatoms. The number of ether oxygens (including phenoxy) is 1. The monoisotopic (exact) mass is 270 g/mol. The van der Waals surface area contributed by atoms with Gasteiger partial charge in [-0.05, 0) is 25.8 Å². The number of rotatable bonds is 5. The molecule has 106 valence electrons. The molecule has 0 heterocycles. The van der Waals surface area contributed by atoms with Crippen molar-refractivity contribution in [3.05, 3.63) is 53.6 Å². The zero-order valence-corrected chi connectivity index (χ0v) is 12.3. The van der Waals surface area contributed by atoms with Gasteiger partial charge in [0.25, 0.3) is 0 Å². The van der Waals surface area contributed by atoms with Crippen molar-refractivity contribution in [2.45, 2.75) is 32.6 Å². The standard InChI is InChI=1S/C18H22O2/c1-4-16(17(19)14-9-5-6-10-14)18(20-3)15-11-7-8-13(2)12-15/h4,7-8,11-12,14H,1,5-6,9-10H2,2-3H3/b18-16+. The van der Waals surface area contributed by atoms with Gasteiger partial charge >= 0.3 is 0 Å². The smallest absolute Gasteiger partial charge is 0.169 e. The molecule has 0 amide bonds. The highest BCUT2D eigenvalue weighted by molar-refractivity contribution is 6.05. The van der Waals surface area contributed by atoms with Gasteiger partial charge in [-0.1, -0.05) is 49.3 Å². The number of hydrogen-bond acceptors (Lipinski definition) is 2. The van der Waals surface area contributed by atoms with E-state index in [9.17, 15) is 4.79 Å². The molecule has 2 rings (SSSR count). The molecule has 20 heavy (non-hydrogen) atoms. The van der Waals surface area contributed by atoms with Crippen molar-refractivity contribution in [1.29, 1.82) is 0 Å². The third kappa shape index (κ3) is 3.01. The maximum atomic E-state index is 12.6. The van der Waals surface area contributed by atoms with Gasteiger partial charge in [0.05, 0.1) is 12.7 Å². The van der Waals surface area contributed by atoms with E-state index in [2.05, 4.69) is 6.58 Å². The summed E-state index contributed by atoms with van der Waals surface area (Å²) in [5.41, 5.74) is 2.70. The lowest BCUT2D eigenvalue weighted by molar-refractivity contribution is -0.118. The first-order valence-corrected chi connectivity index (χ1v) is 7.19. The fraction of sp³-hybridized carbons (Fsp3) is 0.389. The summed E-state index contributed by atoms with van der Waals surface area (Å²) in [6.45, 7) is 5.84. The van der Waals surface area contributed by atoms with Gasteiger partial charge in [-0.3, -0.25) is 4.79 Å².